The van der Waals surface area contributed by atoms with E-state index in [1.807, 2.05) is 0 Å². The molecule has 3 aliphatic rings. The fraction of sp³-hybridized carbons (Fsp3) is 0.882. The normalized spacial score (nSPS) is 43.5. The Bertz CT molecular complexity index is 499. The van der Waals surface area contributed by atoms with Crippen LogP contribution in [0.1, 0.15) is 66.2 Å². The molecule has 21 heavy (non-hydrogen) atoms. The topological polar surface area (TPSA) is 52.9 Å². The molecule has 2 saturated carbocycles. The number of carbonyl (C=O) groups is 1. The maximum absolute atomic E-state index is 13.4. The van der Waals surface area contributed by atoms with Crippen LogP contribution in [0.4, 0.5) is 0 Å². The molecule has 3 atom stereocenters. The van der Waals surface area contributed by atoms with Crippen LogP contribution in [0.5, 0.6) is 0 Å². The summed E-state index contributed by atoms with van der Waals surface area (Å²) < 4.78 is 0. The zero-order valence-electron chi connectivity index (χ0n) is 13.8. The lowest BCUT2D eigenvalue weighted by Crippen LogP contribution is -2.52. The van der Waals surface area contributed by atoms with Gasteiger partial charge in [-0.2, -0.15) is 0 Å². The first kappa shape index (κ1) is 14.9. The van der Waals surface area contributed by atoms with Crippen molar-refractivity contribution in [3.05, 3.63) is 0 Å². The second-order valence-electron chi connectivity index (χ2n) is 8.11. The number of amides is 1. The largest absolute Gasteiger partial charge is 0.411 e. The quantitative estimate of drug-likeness (QED) is 0.594. The van der Waals surface area contributed by atoms with Gasteiger partial charge < -0.3 is 10.1 Å². The Morgan fingerprint density at radius 1 is 1.29 bits per heavy atom. The molecule has 1 N–H and O–H groups in total. The predicted octanol–water partition coefficient (Wildman–Crippen LogP) is 3.43. The van der Waals surface area contributed by atoms with E-state index in [9.17, 15) is 10.0 Å². The van der Waals surface area contributed by atoms with Crippen LogP contribution in [0.15, 0.2) is 5.16 Å². The Hall–Kier alpha value is -1.06. The Morgan fingerprint density at radius 2 is 2.00 bits per heavy atom. The number of hydrogen-bond acceptors (Lipinski definition) is 3. The first-order chi connectivity index (χ1) is 9.80. The molecule has 0 unspecified atom stereocenters. The van der Waals surface area contributed by atoms with Crippen LogP contribution in [0.3, 0.4) is 0 Å². The van der Waals surface area contributed by atoms with E-state index in [-0.39, 0.29) is 16.2 Å². The monoisotopic (exact) mass is 292 g/mol. The van der Waals surface area contributed by atoms with Crippen molar-refractivity contribution in [3.63, 3.8) is 0 Å². The summed E-state index contributed by atoms with van der Waals surface area (Å²) in [5, 5.41) is 13.0. The molecule has 1 amide bonds. The minimum atomic E-state index is -0.366. The number of nitrogens with zero attached hydrogens (tertiary/aromatic N) is 2. The Morgan fingerprint density at radius 3 is 2.57 bits per heavy atom. The Labute approximate surface area is 127 Å². The summed E-state index contributed by atoms with van der Waals surface area (Å²) in [6, 6.07) is 0.346. The average molecular weight is 292 g/mol. The Kier molecular flexibility index (Phi) is 3.16. The molecule has 1 saturated heterocycles. The summed E-state index contributed by atoms with van der Waals surface area (Å²) in [7, 11) is 0. The number of carbonyl (C=O) groups excluding carboxylic acids is 1. The zero-order chi connectivity index (χ0) is 15.5. The van der Waals surface area contributed by atoms with Crippen LogP contribution in [-0.4, -0.2) is 34.3 Å². The minimum absolute atomic E-state index is 0.142. The molecule has 4 nitrogen and oxygen atoms in total. The highest BCUT2D eigenvalue weighted by atomic mass is 16.4. The van der Waals surface area contributed by atoms with Gasteiger partial charge in [-0.05, 0) is 44.4 Å². The molecule has 0 spiro atoms. The van der Waals surface area contributed by atoms with Crippen LogP contribution in [0.2, 0.25) is 0 Å². The van der Waals surface area contributed by atoms with Gasteiger partial charge in [-0.3, -0.25) is 4.79 Å². The highest BCUT2D eigenvalue weighted by Gasteiger charge is 2.72. The molecule has 2 bridgehead atoms. The van der Waals surface area contributed by atoms with Gasteiger partial charge in [0.1, 0.15) is 0 Å². The molecule has 0 aromatic carbocycles. The lowest BCUT2D eigenvalue weighted by atomic mass is 9.64. The van der Waals surface area contributed by atoms with E-state index in [4.69, 9.17) is 0 Å². The van der Waals surface area contributed by atoms with Crippen molar-refractivity contribution >= 4 is 11.6 Å². The van der Waals surface area contributed by atoms with Crippen molar-refractivity contribution in [2.45, 2.75) is 72.3 Å². The Balaban J connectivity index is 1.99. The highest BCUT2D eigenvalue weighted by Crippen LogP contribution is 2.71. The van der Waals surface area contributed by atoms with E-state index in [0.717, 1.165) is 37.9 Å². The third kappa shape index (κ3) is 1.62. The summed E-state index contributed by atoms with van der Waals surface area (Å²) in [4.78, 5) is 15.5. The number of likely N-dealkylation sites (tertiary alicyclic amines) is 1. The summed E-state index contributed by atoms with van der Waals surface area (Å²) in [5.41, 5.74) is 0.179. The molecule has 118 valence electrons. The number of piperidine rings is 1. The van der Waals surface area contributed by atoms with Gasteiger partial charge in [0, 0.05) is 24.4 Å². The zero-order valence-corrected chi connectivity index (χ0v) is 13.8. The molecule has 0 aromatic heterocycles. The van der Waals surface area contributed by atoms with E-state index in [2.05, 4.69) is 37.8 Å². The van der Waals surface area contributed by atoms with Crippen LogP contribution in [-0.2, 0) is 4.79 Å². The van der Waals surface area contributed by atoms with Gasteiger partial charge in [0.2, 0.25) is 5.91 Å². The predicted molar refractivity (Wildman–Crippen MR) is 82.4 cm³/mol. The van der Waals surface area contributed by atoms with Crippen LogP contribution in [0, 0.1) is 16.2 Å². The van der Waals surface area contributed by atoms with Crippen molar-refractivity contribution in [1.82, 2.24) is 4.90 Å². The van der Waals surface area contributed by atoms with E-state index >= 15 is 0 Å². The standard InChI is InChI=1S/C17H28N2O2/c1-12-7-5-6-10-19(12)14(20)17-9-8-16(4,15(17,2)3)13(11-17)18-21/h12,21H,5-11H2,1-4H3/b18-13+/t12-,16-,17-/m0/s1. The molecule has 0 aromatic rings. The lowest BCUT2D eigenvalue weighted by Gasteiger charge is -2.44. The van der Waals surface area contributed by atoms with Gasteiger partial charge in [-0.25, -0.2) is 0 Å². The fourth-order valence-corrected chi connectivity index (χ4v) is 5.18. The van der Waals surface area contributed by atoms with E-state index in [1.165, 1.54) is 6.42 Å². The van der Waals surface area contributed by atoms with Crippen LogP contribution < -0.4 is 0 Å². The highest BCUT2D eigenvalue weighted by molar-refractivity contribution is 6.02. The second kappa shape index (κ2) is 4.47. The number of hydrogen-bond donors (Lipinski definition) is 1. The van der Waals surface area contributed by atoms with Gasteiger partial charge in [0.15, 0.2) is 0 Å². The SMILES string of the molecule is C[C@H]1CCCCN1C(=O)[C@]12CC[C@@](C)(/C(=N/O)C1)C2(C)C. The molecular weight excluding hydrogens is 264 g/mol. The molecule has 3 fully saturated rings. The van der Waals surface area contributed by atoms with Gasteiger partial charge in [0.25, 0.3) is 0 Å². The first-order valence-electron chi connectivity index (χ1n) is 8.33. The lowest BCUT2D eigenvalue weighted by molar-refractivity contribution is -0.151. The van der Waals surface area contributed by atoms with Crippen molar-refractivity contribution < 1.29 is 10.0 Å². The third-order valence-electron chi connectivity index (χ3n) is 7.33. The van der Waals surface area contributed by atoms with Crippen LogP contribution in [0.25, 0.3) is 0 Å². The number of rotatable bonds is 1. The minimum Gasteiger partial charge on any atom is -0.411 e. The number of fused-ring (bicyclic) bond motifs is 2. The third-order valence-corrected chi connectivity index (χ3v) is 7.33. The van der Waals surface area contributed by atoms with Crippen molar-refractivity contribution in [1.29, 1.82) is 0 Å². The van der Waals surface area contributed by atoms with Gasteiger partial charge in [-0.1, -0.05) is 25.9 Å². The molecule has 2 aliphatic carbocycles. The molecule has 1 heterocycles. The smallest absolute Gasteiger partial charge is 0.229 e. The fourth-order valence-electron chi connectivity index (χ4n) is 5.18. The van der Waals surface area contributed by atoms with Crippen LogP contribution >= 0.6 is 0 Å². The molecule has 0 radical (unpaired) electrons. The number of oxime groups is 1. The van der Waals surface area contributed by atoms with E-state index in [0.29, 0.717) is 18.4 Å². The van der Waals surface area contributed by atoms with Crippen molar-refractivity contribution in [2.75, 3.05) is 6.54 Å². The van der Waals surface area contributed by atoms with Crippen molar-refractivity contribution in [2.24, 2.45) is 21.4 Å². The summed E-state index contributed by atoms with van der Waals surface area (Å²) in [6.45, 7) is 9.63. The maximum Gasteiger partial charge on any atom is 0.229 e. The molecule has 3 rings (SSSR count). The molecule has 1 aliphatic heterocycles. The summed E-state index contributed by atoms with van der Waals surface area (Å²) in [6.07, 6.45) is 5.97. The first-order valence-corrected chi connectivity index (χ1v) is 8.33. The second-order valence-corrected chi connectivity index (χ2v) is 8.11. The summed E-state index contributed by atoms with van der Waals surface area (Å²) >= 11 is 0. The van der Waals surface area contributed by atoms with E-state index < -0.39 is 0 Å². The summed E-state index contributed by atoms with van der Waals surface area (Å²) in [5.74, 6) is 0.307. The molecule has 4 heteroatoms. The van der Waals surface area contributed by atoms with Crippen molar-refractivity contribution in [3.8, 4) is 0 Å². The van der Waals surface area contributed by atoms with Gasteiger partial charge in [-0.15, -0.1) is 0 Å². The van der Waals surface area contributed by atoms with E-state index in [1.54, 1.807) is 0 Å². The van der Waals surface area contributed by atoms with Gasteiger partial charge >= 0.3 is 0 Å². The molecular formula is C17H28N2O2. The maximum atomic E-state index is 13.4. The average Bonchev–Trinajstić information content (AvgIpc) is 2.76. The van der Waals surface area contributed by atoms with Gasteiger partial charge in [0.05, 0.1) is 11.1 Å².